The normalized spacial score (nSPS) is 15.5. The van der Waals surface area contributed by atoms with E-state index in [0.29, 0.717) is 5.92 Å². The van der Waals surface area contributed by atoms with Crippen molar-refractivity contribution < 1.29 is 0 Å². The Labute approximate surface area is 115 Å². The molecule has 106 valence electrons. The van der Waals surface area contributed by atoms with Gasteiger partial charge >= 0.3 is 0 Å². The van der Waals surface area contributed by atoms with Gasteiger partial charge in [0.15, 0.2) is 0 Å². The average Bonchev–Trinajstić information content (AvgIpc) is 3.10. The third kappa shape index (κ3) is 3.35. The van der Waals surface area contributed by atoms with Gasteiger partial charge in [-0.25, -0.2) is 15.8 Å². The molecule has 1 aromatic rings. The van der Waals surface area contributed by atoms with Crippen molar-refractivity contribution in [2.24, 2.45) is 11.3 Å². The molecule has 1 saturated carbocycles. The van der Waals surface area contributed by atoms with E-state index in [2.05, 4.69) is 43.1 Å². The van der Waals surface area contributed by atoms with Gasteiger partial charge in [0.05, 0.1) is 0 Å². The van der Waals surface area contributed by atoms with Crippen LogP contribution in [0.3, 0.4) is 0 Å². The highest BCUT2D eigenvalue weighted by atomic mass is 15.3. The number of hydrogen-bond donors (Lipinski definition) is 2. The highest BCUT2D eigenvalue weighted by molar-refractivity contribution is 5.58. The molecule has 2 rings (SSSR count). The van der Waals surface area contributed by atoms with Crippen LogP contribution in [0, 0.1) is 12.3 Å². The van der Waals surface area contributed by atoms with E-state index in [4.69, 9.17) is 10.8 Å². The van der Waals surface area contributed by atoms with Crippen molar-refractivity contribution in [3.63, 3.8) is 0 Å². The number of nitrogen functional groups attached to an aromatic ring is 1. The van der Waals surface area contributed by atoms with Gasteiger partial charge in [-0.05, 0) is 25.2 Å². The number of rotatable bonds is 4. The molecule has 0 bridgehead atoms. The van der Waals surface area contributed by atoms with E-state index in [9.17, 15) is 0 Å². The van der Waals surface area contributed by atoms with Crippen LogP contribution in [0.1, 0.15) is 50.9 Å². The lowest BCUT2D eigenvalue weighted by Gasteiger charge is -2.29. The van der Waals surface area contributed by atoms with Crippen LogP contribution in [0.2, 0.25) is 0 Å². The first kappa shape index (κ1) is 14.1. The molecule has 1 heterocycles. The number of nitrogens with one attached hydrogen (secondary N) is 1. The minimum Gasteiger partial charge on any atom is -0.359 e. The molecule has 0 saturated heterocycles. The first-order valence-corrected chi connectivity index (χ1v) is 6.88. The zero-order chi connectivity index (χ0) is 14.2. The van der Waals surface area contributed by atoms with Gasteiger partial charge in [-0.1, -0.05) is 20.8 Å². The van der Waals surface area contributed by atoms with Crippen LogP contribution in [0.5, 0.6) is 0 Å². The lowest BCUT2D eigenvalue weighted by molar-refractivity contribution is 0.417. The van der Waals surface area contributed by atoms with Crippen LogP contribution in [-0.4, -0.2) is 23.6 Å². The lowest BCUT2D eigenvalue weighted by atomic mass is 9.96. The maximum atomic E-state index is 5.58. The number of hydrogen-bond acceptors (Lipinski definition) is 5. The van der Waals surface area contributed by atoms with Crippen molar-refractivity contribution in [3.05, 3.63) is 11.4 Å². The molecule has 1 aliphatic carbocycles. The molecular formula is C14H25N5. The number of aromatic nitrogens is 2. The second kappa shape index (κ2) is 4.96. The quantitative estimate of drug-likeness (QED) is 0.645. The number of nitrogens with zero attached hydrogens (tertiary/aromatic N) is 3. The summed E-state index contributed by atoms with van der Waals surface area (Å²) in [7, 11) is 2.08. The van der Waals surface area contributed by atoms with Crippen LogP contribution in [0.4, 0.5) is 11.6 Å². The first-order chi connectivity index (χ1) is 8.81. The van der Waals surface area contributed by atoms with E-state index >= 15 is 0 Å². The van der Waals surface area contributed by atoms with Crippen molar-refractivity contribution in [2.75, 3.05) is 23.9 Å². The number of anilines is 2. The number of nitrogens with two attached hydrogens (primary N) is 1. The van der Waals surface area contributed by atoms with Crippen LogP contribution < -0.4 is 16.2 Å². The summed E-state index contributed by atoms with van der Waals surface area (Å²) in [5.41, 5.74) is 3.94. The number of hydrazine groups is 1. The molecule has 1 fully saturated rings. The monoisotopic (exact) mass is 263 g/mol. The van der Waals surface area contributed by atoms with E-state index < -0.39 is 0 Å². The fourth-order valence-corrected chi connectivity index (χ4v) is 2.34. The van der Waals surface area contributed by atoms with E-state index in [1.165, 1.54) is 12.8 Å². The standard InChI is InChI=1S/C14H25N5/c1-9-11(18-15)16-12(10-6-7-10)17-13(9)19(5)8-14(2,3)4/h10H,6-8,15H2,1-5H3,(H,16,17,18). The molecule has 0 atom stereocenters. The molecule has 3 N–H and O–H groups in total. The molecule has 0 unspecified atom stereocenters. The average molecular weight is 263 g/mol. The molecule has 0 aliphatic heterocycles. The second-order valence-corrected chi connectivity index (χ2v) is 6.71. The highest BCUT2D eigenvalue weighted by Crippen LogP contribution is 2.40. The van der Waals surface area contributed by atoms with Gasteiger partial charge in [-0.3, -0.25) is 0 Å². The van der Waals surface area contributed by atoms with Crippen LogP contribution in [-0.2, 0) is 0 Å². The molecule has 1 aliphatic rings. The third-order valence-corrected chi connectivity index (χ3v) is 3.29. The van der Waals surface area contributed by atoms with Gasteiger partial charge in [-0.15, -0.1) is 0 Å². The predicted molar refractivity (Wildman–Crippen MR) is 79.3 cm³/mol. The Morgan fingerprint density at radius 3 is 2.42 bits per heavy atom. The topological polar surface area (TPSA) is 67.1 Å². The Morgan fingerprint density at radius 2 is 1.95 bits per heavy atom. The molecular weight excluding hydrogens is 238 g/mol. The Kier molecular flexibility index (Phi) is 3.67. The van der Waals surface area contributed by atoms with Crippen molar-refractivity contribution >= 4 is 11.6 Å². The summed E-state index contributed by atoms with van der Waals surface area (Å²) in [6.07, 6.45) is 2.38. The maximum Gasteiger partial charge on any atom is 0.148 e. The van der Waals surface area contributed by atoms with Gasteiger partial charge in [0.25, 0.3) is 0 Å². The third-order valence-electron chi connectivity index (χ3n) is 3.29. The van der Waals surface area contributed by atoms with Crippen molar-refractivity contribution in [3.8, 4) is 0 Å². The van der Waals surface area contributed by atoms with Crippen molar-refractivity contribution in [2.45, 2.75) is 46.5 Å². The van der Waals surface area contributed by atoms with Crippen molar-refractivity contribution in [1.82, 2.24) is 9.97 Å². The summed E-state index contributed by atoms with van der Waals surface area (Å²) in [5, 5.41) is 0. The second-order valence-electron chi connectivity index (χ2n) is 6.71. The van der Waals surface area contributed by atoms with Crippen LogP contribution >= 0.6 is 0 Å². The largest absolute Gasteiger partial charge is 0.359 e. The minimum absolute atomic E-state index is 0.224. The molecule has 5 nitrogen and oxygen atoms in total. The minimum atomic E-state index is 0.224. The zero-order valence-electron chi connectivity index (χ0n) is 12.6. The summed E-state index contributed by atoms with van der Waals surface area (Å²) in [5.74, 6) is 8.75. The van der Waals surface area contributed by atoms with Gasteiger partial charge in [-0.2, -0.15) is 0 Å². The van der Waals surface area contributed by atoms with Crippen LogP contribution in [0.15, 0.2) is 0 Å². The van der Waals surface area contributed by atoms with Gasteiger partial charge < -0.3 is 10.3 Å². The van der Waals surface area contributed by atoms with Gasteiger partial charge in [0.1, 0.15) is 17.5 Å². The predicted octanol–water partition coefficient (Wildman–Crippen LogP) is 2.43. The lowest BCUT2D eigenvalue weighted by Crippen LogP contribution is -2.31. The Morgan fingerprint density at radius 1 is 1.32 bits per heavy atom. The maximum absolute atomic E-state index is 5.58. The summed E-state index contributed by atoms with van der Waals surface area (Å²) < 4.78 is 0. The summed E-state index contributed by atoms with van der Waals surface area (Å²) >= 11 is 0. The van der Waals surface area contributed by atoms with Crippen LogP contribution in [0.25, 0.3) is 0 Å². The smallest absolute Gasteiger partial charge is 0.148 e. The Bertz CT molecular complexity index is 460. The van der Waals surface area contributed by atoms with E-state index in [1.807, 2.05) is 6.92 Å². The summed E-state index contributed by atoms with van der Waals surface area (Å²) in [6.45, 7) is 9.64. The SMILES string of the molecule is Cc1c(NN)nc(C2CC2)nc1N(C)CC(C)(C)C. The zero-order valence-corrected chi connectivity index (χ0v) is 12.6. The molecule has 19 heavy (non-hydrogen) atoms. The molecule has 1 aromatic heterocycles. The fraction of sp³-hybridized carbons (Fsp3) is 0.714. The van der Waals surface area contributed by atoms with Gasteiger partial charge in [0.2, 0.25) is 0 Å². The Balaban J connectivity index is 2.34. The molecule has 0 radical (unpaired) electrons. The molecule has 0 amide bonds. The van der Waals surface area contributed by atoms with Crippen molar-refractivity contribution in [1.29, 1.82) is 0 Å². The summed E-state index contributed by atoms with van der Waals surface area (Å²) in [6, 6.07) is 0. The summed E-state index contributed by atoms with van der Waals surface area (Å²) in [4.78, 5) is 11.5. The van der Waals surface area contributed by atoms with Gasteiger partial charge in [0, 0.05) is 25.1 Å². The fourth-order valence-electron chi connectivity index (χ4n) is 2.34. The van der Waals surface area contributed by atoms with E-state index in [-0.39, 0.29) is 5.41 Å². The molecule has 0 aromatic carbocycles. The van der Waals surface area contributed by atoms with E-state index in [1.54, 1.807) is 0 Å². The molecule has 0 spiro atoms. The molecule has 5 heteroatoms. The Hall–Kier alpha value is -1.36. The highest BCUT2D eigenvalue weighted by Gasteiger charge is 2.29. The first-order valence-electron chi connectivity index (χ1n) is 6.88. The van der Waals surface area contributed by atoms with E-state index in [0.717, 1.165) is 29.6 Å².